The molecule has 3 rings (SSSR count). The second-order valence-corrected chi connectivity index (χ2v) is 8.06. The zero-order chi connectivity index (χ0) is 26.3. The van der Waals surface area contributed by atoms with Crippen LogP contribution >= 0.6 is 11.3 Å². The van der Waals surface area contributed by atoms with Crippen LogP contribution in [-0.4, -0.2) is 26.1 Å². The van der Waals surface area contributed by atoms with Crippen LogP contribution in [0.3, 0.4) is 0 Å². The van der Waals surface area contributed by atoms with E-state index >= 15 is 0 Å². The van der Waals surface area contributed by atoms with Gasteiger partial charge in [0.25, 0.3) is 5.91 Å². The van der Waals surface area contributed by atoms with Crippen LogP contribution in [0.4, 0.5) is 18.2 Å². The van der Waals surface area contributed by atoms with Gasteiger partial charge in [-0.05, 0) is 41.3 Å². The van der Waals surface area contributed by atoms with Gasteiger partial charge in [-0.3, -0.25) is 4.79 Å². The number of amides is 1. The lowest BCUT2D eigenvalue weighted by Crippen LogP contribution is -2.15. The highest BCUT2D eigenvalue weighted by molar-refractivity contribution is 7.14. The van der Waals surface area contributed by atoms with Gasteiger partial charge in [-0.1, -0.05) is 24.3 Å². The molecule has 0 saturated carbocycles. The largest absolute Gasteiger partial charge is 0.493 e. The maximum absolute atomic E-state index is 13.0. The average Bonchev–Trinajstić information content (AvgIpc) is 3.33. The van der Waals surface area contributed by atoms with Crippen molar-refractivity contribution < 1.29 is 37.0 Å². The van der Waals surface area contributed by atoms with Gasteiger partial charge in [0.15, 0.2) is 11.5 Å². The van der Waals surface area contributed by atoms with Crippen molar-refractivity contribution in [1.29, 1.82) is 5.26 Å². The summed E-state index contributed by atoms with van der Waals surface area (Å²) in [5, 5.41) is 13.9. The van der Waals surface area contributed by atoms with Crippen LogP contribution in [0.5, 0.6) is 11.5 Å². The number of rotatable bonds is 8. The van der Waals surface area contributed by atoms with Gasteiger partial charge < -0.3 is 19.5 Å². The molecule has 0 atom stereocenters. The molecule has 186 valence electrons. The van der Waals surface area contributed by atoms with Gasteiger partial charge in [-0.25, -0.2) is 4.79 Å². The van der Waals surface area contributed by atoms with Crippen LogP contribution in [0, 0.1) is 11.3 Å². The fraction of sp³-hybridized carbons (Fsp3) is 0.160. The van der Waals surface area contributed by atoms with Crippen molar-refractivity contribution in [2.75, 3.05) is 19.5 Å². The number of halogens is 3. The highest BCUT2D eigenvalue weighted by Gasteiger charge is 2.30. The lowest BCUT2D eigenvalue weighted by Gasteiger charge is -2.15. The lowest BCUT2D eigenvalue weighted by molar-refractivity contribution is -0.137. The van der Waals surface area contributed by atoms with Crippen LogP contribution in [0.25, 0.3) is 6.08 Å². The van der Waals surface area contributed by atoms with Gasteiger partial charge in [0.1, 0.15) is 23.3 Å². The summed E-state index contributed by atoms with van der Waals surface area (Å²) in [6.07, 6.45) is -3.25. The molecule has 7 nitrogen and oxygen atoms in total. The number of esters is 1. The van der Waals surface area contributed by atoms with Crippen molar-refractivity contribution in [2.45, 2.75) is 12.8 Å². The van der Waals surface area contributed by atoms with E-state index in [0.717, 1.165) is 23.5 Å². The number of methoxy groups -OCH3 is 2. The maximum Gasteiger partial charge on any atom is 0.416 e. The Morgan fingerprint density at radius 3 is 2.56 bits per heavy atom. The SMILES string of the molecule is COC(=O)c1ccsc1NC(=O)C(C#N)=Cc1cccc(OC)c1OCc1cccc(C(F)(F)F)c1. The van der Waals surface area contributed by atoms with Gasteiger partial charge in [0, 0.05) is 5.56 Å². The smallest absolute Gasteiger partial charge is 0.416 e. The second-order valence-electron chi connectivity index (χ2n) is 7.14. The summed E-state index contributed by atoms with van der Waals surface area (Å²) in [5.41, 5.74) is -0.438. The molecule has 0 unspecified atom stereocenters. The molecule has 1 amide bonds. The van der Waals surface area contributed by atoms with Crippen LogP contribution in [0.1, 0.15) is 27.0 Å². The molecule has 0 spiro atoms. The molecule has 3 aromatic rings. The van der Waals surface area contributed by atoms with E-state index < -0.39 is 23.6 Å². The number of nitrogens with zero attached hydrogens (tertiary/aromatic N) is 1. The molecule has 0 bridgehead atoms. The van der Waals surface area contributed by atoms with Gasteiger partial charge in [0.2, 0.25) is 0 Å². The fourth-order valence-corrected chi connectivity index (χ4v) is 3.88. The zero-order valence-corrected chi connectivity index (χ0v) is 19.8. The lowest BCUT2D eigenvalue weighted by atomic mass is 10.1. The zero-order valence-electron chi connectivity index (χ0n) is 19.0. The number of hydrogen-bond acceptors (Lipinski definition) is 7. The first kappa shape index (κ1) is 26.3. The second kappa shape index (κ2) is 11.4. The summed E-state index contributed by atoms with van der Waals surface area (Å²) in [7, 11) is 2.58. The molecule has 0 radical (unpaired) electrons. The summed E-state index contributed by atoms with van der Waals surface area (Å²) in [5.74, 6) is -1.05. The molecular weight excluding hydrogens is 497 g/mol. The number of hydrogen-bond donors (Lipinski definition) is 1. The predicted octanol–water partition coefficient (Wildman–Crippen LogP) is 5.69. The Balaban J connectivity index is 1.89. The molecule has 0 saturated heterocycles. The highest BCUT2D eigenvalue weighted by Crippen LogP contribution is 2.34. The normalized spacial score (nSPS) is 11.4. The quantitative estimate of drug-likeness (QED) is 0.235. The Morgan fingerprint density at radius 2 is 1.89 bits per heavy atom. The number of carbonyl (C=O) groups excluding carboxylic acids is 2. The monoisotopic (exact) mass is 516 g/mol. The number of thiophene rings is 1. The van der Waals surface area contributed by atoms with Crippen molar-refractivity contribution in [3.05, 3.63) is 81.7 Å². The molecule has 1 N–H and O–H groups in total. The maximum atomic E-state index is 13.0. The number of benzene rings is 2. The third kappa shape index (κ3) is 6.22. The minimum Gasteiger partial charge on any atom is -0.493 e. The molecule has 0 aliphatic rings. The van der Waals surface area contributed by atoms with E-state index in [4.69, 9.17) is 9.47 Å². The summed E-state index contributed by atoms with van der Waals surface area (Å²) in [4.78, 5) is 24.6. The molecule has 1 aromatic heterocycles. The van der Waals surface area contributed by atoms with Gasteiger partial charge in [0.05, 0.1) is 25.3 Å². The van der Waals surface area contributed by atoms with E-state index in [2.05, 4.69) is 10.1 Å². The Labute approximate surface area is 208 Å². The van der Waals surface area contributed by atoms with Crippen molar-refractivity contribution in [2.24, 2.45) is 0 Å². The van der Waals surface area contributed by atoms with Crippen LogP contribution in [0.15, 0.2) is 59.5 Å². The summed E-state index contributed by atoms with van der Waals surface area (Å²) in [6.45, 7) is -0.225. The van der Waals surface area contributed by atoms with E-state index in [1.165, 1.54) is 38.5 Å². The molecule has 0 aliphatic carbocycles. The highest BCUT2D eigenvalue weighted by atomic mass is 32.1. The molecule has 0 aliphatic heterocycles. The first-order chi connectivity index (χ1) is 17.2. The summed E-state index contributed by atoms with van der Waals surface area (Å²) < 4.78 is 54.9. The number of ether oxygens (including phenoxy) is 3. The van der Waals surface area contributed by atoms with Crippen molar-refractivity contribution >= 4 is 34.3 Å². The number of nitriles is 1. The predicted molar refractivity (Wildman–Crippen MR) is 127 cm³/mol. The topological polar surface area (TPSA) is 97.7 Å². The molecule has 11 heteroatoms. The fourth-order valence-electron chi connectivity index (χ4n) is 3.11. The molecule has 1 heterocycles. The minimum atomic E-state index is -4.50. The summed E-state index contributed by atoms with van der Waals surface area (Å²) in [6, 6.07) is 12.7. The molecule has 2 aromatic carbocycles. The number of alkyl halides is 3. The third-order valence-corrected chi connectivity index (χ3v) is 5.66. The number of para-hydroxylation sites is 1. The van der Waals surface area contributed by atoms with E-state index in [1.807, 2.05) is 0 Å². The van der Waals surface area contributed by atoms with E-state index in [-0.39, 0.29) is 45.4 Å². The van der Waals surface area contributed by atoms with Gasteiger partial charge >= 0.3 is 12.1 Å². The van der Waals surface area contributed by atoms with Gasteiger partial charge in [-0.2, -0.15) is 18.4 Å². The first-order valence-corrected chi connectivity index (χ1v) is 11.1. The third-order valence-electron chi connectivity index (χ3n) is 4.83. The van der Waals surface area contributed by atoms with Crippen LogP contribution in [0.2, 0.25) is 0 Å². The van der Waals surface area contributed by atoms with Gasteiger partial charge in [-0.15, -0.1) is 11.3 Å². The van der Waals surface area contributed by atoms with Crippen LogP contribution in [-0.2, 0) is 22.3 Å². The van der Waals surface area contributed by atoms with E-state index in [9.17, 15) is 28.0 Å². The number of anilines is 1. The molecule has 36 heavy (non-hydrogen) atoms. The Hall–Kier alpha value is -4.30. The van der Waals surface area contributed by atoms with Crippen molar-refractivity contribution in [3.8, 4) is 17.6 Å². The van der Waals surface area contributed by atoms with Crippen LogP contribution < -0.4 is 14.8 Å². The Kier molecular flexibility index (Phi) is 8.34. The Morgan fingerprint density at radius 1 is 1.14 bits per heavy atom. The first-order valence-electron chi connectivity index (χ1n) is 10.2. The minimum absolute atomic E-state index is 0.129. The van der Waals surface area contributed by atoms with Crippen molar-refractivity contribution in [3.63, 3.8) is 0 Å². The average molecular weight is 516 g/mol. The Bertz CT molecular complexity index is 1340. The number of carbonyl (C=O) groups is 2. The number of nitrogens with one attached hydrogen (secondary N) is 1. The van der Waals surface area contributed by atoms with E-state index in [1.54, 1.807) is 29.6 Å². The standard InChI is InChI=1S/C25H19F3N2O5S/c1-33-20-8-4-6-16(21(20)35-14-15-5-3-7-18(11-15)25(26,27)28)12-17(13-29)22(31)30-23-19(9-10-36-23)24(32)34-2/h3-12H,14H2,1-2H3,(H,30,31). The van der Waals surface area contributed by atoms with E-state index in [0.29, 0.717) is 0 Å². The molecular formula is C25H19F3N2O5S. The molecule has 0 fully saturated rings. The summed E-state index contributed by atoms with van der Waals surface area (Å²) >= 11 is 1.08. The van der Waals surface area contributed by atoms with Crippen molar-refractivity contribution in [1.82, 2.24) is 0 Å².